The number of carbonyl (C=O) groups is 1. The van der Waals surface area contributed by atoms with E-state index in [0.717, 1.165) is 5.75 Å². The number of ether oxygens (including phenoxy) is 1. The summed E-state index contributed by atoms with van der Waals surface area (Å²) in [5, 5.41) is 8.73. The molecule has 0 aromatic rings. The van der Waals surface area contributed by atoms with Crippen molar-refractivity contribution >= 4 is 29.3 Å². The lowest BCUT2D eigenvalue weighted by atomic mass is 10.1. The van der Waals surface area contributed by atoms with Gasteiger partial charge in [0.15, 0.2) is 0 Å². The van der Waals surface area contributed by atoms with Crippen molar-refractivity contribution in [1.82, 2.24) is 0 Å². The SMILES string of the molecule is COC(=O)C(C#N)=C1CCSC1Cl. The molecule has 13 heavy (non-hydrogen) atoms. The lowest BCUT2D eigenvalue weighted by Gasteiger charge is -2.03. The van der Waals surface area contributed by atoms with Crippen molar-refractivity contribution in [3.8, 4) is 6.07 Å². The average Bonchev–Trinajstić information content (AvgIpc) is 2.53. The zero-order chi connectivity index (χ0) is 9.84. The van der Waals surface area contributed by atoms with Crippen molar-refractivity contribution in [2.24, 2.45) is 0 Å². The molecule has 0 aromatic heterocycles. The van der Waals surface area contributed by atoms with Crippen LogP contribution in [0.2, 0.25) is 0 Å². The Bertz CT molecular complexity index is 295. The number of carbonyl (C=O) groups excluding carboxylic acids is 1. The number of alkyl halides is 1. The summed E-state index contributed by atoms with van der Waals surface area (Å²) in [5.74, 6) is 0.261. The Morgan fingerprint density at radius 2 is 2.54 bits per heavy atom. The first-order valence-electron chi connectivity index (χ1n) is 3.67. The number of nitrogens with zero attached hydrogens (tertiary/aromatic N) is 1. The summed E-state index contributed by atoms with van der Waals surface area (Å²) in [6.07, 6.45) is 0.691. The minimum absolute atomic E-state index is 0.0625. The van der Waals surface area contributed by atoms with E-state index in [4.69, 9.17) is 16.9 Å². The van der Waals surface area contributed by atoms with Gasteiger partial charge in [0, 0.05) is 0 Å². The predicted octanol–water partition coefficient (Wildman–Crippen LogP) is 1.68. The van der Waals surface area contributed by atoms with Gasteiger partial charge in [-0.25, -0.2) is 4.79 Å². The van der Waals surface area contributed by atoms with Gasteiger partial charge in [-0.15, -0.1) is 23.4 Å². The van der Waals surface area contributed by atoms with Crippen LogP contribution in [0.5, 0.6) is 0 Å². The fraction of sp³-hybridized carbons (Fsp3) is 0.500. The molecule has 0 radical (unpaired) electrons. The van der Waals surface area contributed by atoms with Gasteiger partial charge in [0.2, 0.25) is 0 Å². The second-order valence-corrected chi connectivity index (χ2v) is 4.35. The Morgan fingerprint density at radius 3 is 2.92 bits per heavy atom. The summed E-state index contributed by atoms with van der Waals surface area (Å²) in [4.78, 5) is 11.1. The van der Waals surface area contributed by atoms with E-state index in [1.165, 1.54) is 18.9 Å². The molecule has 1 heterocycles. The van der Waals surface area contributed by atoms with Gasteiger partial charge >= 0.3 is 5.97 Å². The van der Waals surface area contributed by atoms with Gasteiger partial charge in [-0.05, 0) is 17.7 Å². The van der Waals surface area contributed by atoms with Gasteiger partial charge in [-0.2, -0.15) is 5.26 Å². The topological polar surface area (TPSA) is 50.1 Å². The molecule has 0 saturated carbocycles. The third-order valence-corrected chi connectivity index (χ3v) is 3.39. The quantitative estimate of drug-likeness (QED) is 0.290. The van der Waals surface area contributed by atoms with Crippen molar-refractivity contribution < 1.29 is 9.53 Å². The Morgan fingerprint density at radius 1 is 1.85 bits per heavy atom. The summed E-state index contributed by atoms with van der Waals surface area (Å²) in [5.41, 5.74) is 0.758. The van der Waals surface area contributed by atoms with Crippen molar-refractivity contribution in [2.45, 2.75) is 11.1 Å². The molecule has 0 aromatic carbocycles. The third kappa shape index (κ3) is 2.17. The fourth-order valence-electron chi connectivity index (χ4n) is 1.08. The number of halogens is 1. The molecule has 1 fully saturated rings. The molecule has 1 rings (SSSR count). The molecule has 0 spiro atoms. The zero-order valence-corrected chi connectivity index (χ0v) is 8.61. The van der Waals surface area contributed by atoms with Gasteiger partial charge in [0.1, 0.15) is 16.4 Å². The summed E-state index contributed by atoms with van der Waals surface area (Å²) in [6.45, 7) is 0. The van der Waals surface area contributed by atoms with Crippen LogP contribution < -0.4 is 0 Å². The van der Waals surface area contributed by atoms with E-state index < -0.39 is 5.97 Å². The monoisotopic (exact) mass is 217 g/mol. The van der Waals surface area contributed by atoms with Gasteiger partial charge in [-0.1, -0.05) is 0 Å². The van der Waals surface area contributed by atoms with E-state index in [2.05, 4.69) is 4.74 Å². The number of thioether (sulfide) groups is 1. The van der Waals surface area contributed by atoms with Crippen molar-refractivity contribution in [1.29, 1.82) is 5.26 Å². The van der Waals surface area contributed by atoms with Gasteiger partial charge < -0.3 is 4.74 Å². The Hall–Kier alpha value is -0.660. The molecule has 5 heteroatoms. The first-order valence-corrected chi connectivity index (χ1v) is 5.16. The highest BCUT2D eigenvalue weighted by Gasteiger charge is 2.26. The van der Waals surface area contributed by atoms with Crippen molar-refractivity contribution in [2.75, 3.05) is 12.9 Å². The Labute approximate surface area is 85.7 Å². The molecule has 0 amide bonds. The molecule has 0 aliphatic carbocycles. The minimum Gasteiger partial charge on any atom is -0.465 e. The molecule has 0 bridgehead atoms. The first-order chi connectivity index (χ1) is 6.20. The van der Waals surface area contributed by atoms with Crippen LogP contribution in [0.15, 0.2) is 11.1 Å². The molecule has 70 valence electrons. The smallest absolute Gasteiger partial charge is 0.348 e. The second-order valence-electron chi connectivity index (χ2n) is 2.44. The standard InChI is InChI=1S/C8H8ClNO2S/c1-12-8(11)6(4-10)5-2-3-13-7(5)9/h7H,2-3H2,1H3. The second kappa shape index (κ2) is 4.54. The molecular formula is C8H8ClNO2S. The van der Waals surface area contributed by atoms with Gasteiger partial charge in [0.25, 0.3) is 0 Å². The van der Waals surface area contributed by atoms with E-state index in [1.807, 2.05) is 6.07 Å². The van der Waals surface area contributed by atoms with Crippen LogP contribution in [0.3, 0.4) is 0 Å². The number of methoxy groups -OCH3 is 1. The number of rotatable bonds is 1. The van der Waals surface area contributed by atoms with Crippen LogP contribution in [0.25, 0.3) is 0 Å². The van der Waals surface area contributed by atoms with Crippen LogP contribution in [0.4, 0.5) is 0 Å². The Kier molecular flexibility index (Phi) is 3.64. The van der Waals surface area contributed by atoms with Gasteiger partial charge in [0.05, 0.1) is 7.11 Å². The molecule has 0 N–H and O–H groups in total. The number of hydrogen-bond acceptors (Lipinski definition) is 4. The van der Waals surface area contributed by atoms with E-state index in [9.17, 15) is 4.79 Å². The molecule has 1 aliphatic heterocycles. The van der Waals surface area contributed by atoms with Crippen molar-refractivity contribution in [3.63, 3.8) is 0 Å². The molecule has 1 aliphatic rings. The fourth-order valence-corrected chi connectivity index (χ4v) is 2.54. The molecule has 1 saturated heterocycles. The highest BCUT2D eigenvalue weighted by molar-refractivity contribution is 8.01. The molecular weight excluding hydrogens is 210 g/mol. The summed E-state index contributed by atoms with van der Waals surface area (Å²) in [7, 11) is 1.26. The maximum atomic E-state index is 11.1. The van der Waals surface area contributed by atoms with Crippen LogP contribution in [-0.2, 0) is 9.53 Å². The van der Waals surface area contributed by atoms with E-state index >= 15 is 0 Å². The van der Waals surface area contributed by atoms with E-state index in [-0.39, 0.29) is 10.3 Å². The van der Waals surface area contributed by atoms with Gasteiger partial charge in [-0.3, -0.25) is 0 Å². The summed E-state index contributed by atoms with van der Waals surface area (Å²) in [6, 6.07) is 1.83. The molecule has 1 unspecified atom stereocenters. The summed E-state index contributed by atoms with van der Waals surface area (Å²) < 4.78 is 4.22. The minimum atomic E-state index is -0.592. The lowest BCUT2D eigenvalue weighted by Crippen LogP contribution is -2.08. The maximum Gasteiger partial charge on any atom is 0.348 e. The average molecular weight is 218 g/mol. The lowest BCUT2D eigenvalue weighted by molar-refractivity contribution is -0.135. The third-order valence-electron chi connectivity index (χ3n) is 1.73. The Balaban J connectivity index is 2.98. The summed E-state index contributed by atoms with van der Waals surface area (Å²) >= 11 is 7.42. The highest BCUT2D eigenvalue weighted by Crippen LogP contribution is 2.36. The first kappa shape index (κ1) is 10.4. The largest absolute Gasteiger partial charge is 0.465 e. The van der Waals surface area contributed by atoms with Crippen LogP contribution in [-0.4, -0.2) is 23.5 Å². The van der Waals surface area contributed by atoms with Crippen LogP contribution in [0.1, 0.15) is 6.42 Å². The van der Waals surface area contributed by atoms with Crippen LogP contribution >= 0.6 is 23.4 Å². The number of nitriles is 1. The zero-order valence-electron chi connectivity index (χ0n) is 7.04. The highest BCUT2D eigenvalue weighted by atomic mass is 35.5. The van der Waals surface area contributed by atoms with E-state index in [1.54, 1.807) is 0 Å². The van der Waals surface area contributed by atoms with E-state index in [0.29, 0.717) is 12.0 Å². The molecule has 1 atom stereocenters. The molecule has 3 nitrogen and oxygen atoms in total. The number of esters is 1. The maximum absolute atomic E-state index is 11.1. The number of hydrogen-bond donors (Lipinski definition) is 0. The van der Waals surface area contributed by atoms with Crippen molar-refractivity contribution in [3.05, 3.63) is 11.1 Å². The normalized spacial score (nSPS) is 25.2. The van der Waals surface area contributed by atoms with Crippen LogP contribution in [0, 0.1) is 11.3 Å². The predicted molar refractivity (Wildman–Crippen MR) is 51.4 cm³/mol.